The van der Waals surface area contributed by atoms with Crippen molar-refractivity contribution in [1.29, 1.82) is 0 Å². The molecule has 1 aromatic carbocycles. The summed E-state index contributed by atoms with van der Waals surface area (Å²) in [7, 11) is 0. The van der Waals surface area contributed by atoms with E-state index in [0.717, 1.165) is 4.47 Å². The number of anilines is 1. The van der Waals surface area contributed by atoms with Gasteiger partial charge in [-0.1, -0.05) is 15.9 Å². The summed E-state index contributed by atoms with van der Waals surface area (Å²) in [4.78, 5) is 11.7. The first-order valence-electron chi connectivity index (χ1n) is 6.00. The largest absolute Gasteiger partial charge is 0.492 e. The number of nitrogens with one attached hydrogen (secondary N) is 1. The third kappa shape index (κ3) is 5.06. The minimum absolute atomic E-state index is 0.0343. The van der Waals surface area contributed by atoms with Gasteiger partial charge in [0.1, 0.15) is 5.75 Å². The van der Waals surface area contributed by atoms with Gasteiger partial charge in [0.2, 0.25) is 5.91 Å². The van der Waals surface area contributed by atoms with Crippen LogP contribution in [0.3, 0.4) is 0 Å². The number of hydrogen-bond donors (Lipinski definition) is 2. The lowest BCUT2D eigenvalue weighted by molar-refractivity contribution is -0.116. The zero-order valence-electron chi connectivity index (χ0n) is 10.7. The Labute approximate surface area is 116 Å². The van der Waals surface area contributed by atoms with Gasteiger partial charge in [-0.05, 0) is 38.5 Å². The maximum Gasteiger partial charge on any atom is 0.224 e. The topological polar surface area (TPSA) is 64.3 Å². The van der Waals surface area contributed by atoms with Gasteiger partial charge in [0.05, 0.1) is 12.3 Å². The van der Waals surface area contributed by atoms with Crippen molar-refractivity contribution < 1.29 is 9.53 Å². The molecule has 1 amide bonds. The first-order chi connectivity index (χ1) is 8.52. The summed E-state index contributed by atoms with van der Waals surface area (Å²) in [5, 5.41) is 2.84. The van der Waals surface area contributed by atoms with Crippen LogP contribution in [-0.4, -0.2) is 18.6 Å². The predicted octanol–water partition coefficient (Wildman–Crippen LogP) is 2.91. The molecule has 0 saturated heterocycles. The fraction of sp³-hybridized carbons (Fsp3) is 0.462. The van der Waals surface area contributed by atoms with Crippen LogP contribution < -0.4 is 15.8 Å². The Morgan fingerprint density at radius 2 is 2.28 bits per heavy atom. The highest BCUT2D eigenvalue weighted by molar-refractivity contribution is 9.10. The molecule has 0 saturated carbocycles. The molecule has 0 aliphatic heterocycles. The Hall–Kier alpha value is -1.07. The first-order valence-corrected chi connectivity index (χ1v) is 6.80. The standard InChI is InChI=1S/C13H19BrN2O2/c1-3-18-12-8-10(14)5-6-11(12)16-13(17)7-4-9(2)15/h5-6,8-9H,3-4,7,15H2,1-2H3,(H,16,17). The van der Waals surface area contributed by atoms with Crippen molar-refractivity contribution in [3.63, 3.8) is 0 Å². The summed E-state index contributed by atoms with van der Waals surface area (Å²) in [6, 6.07) is 5.56. The molecule has 4 nitrogen and oxygen atoms in total. The van der Waals surface area contributed by atoms with Crippen molar-refractivity contribution >= 4 is 27.5 Å². The molecule has 0 fully saturated rings. The van der Waals surface area contributed by atoms with E-state index in [1.54, 1.807) is 0 Å². The third-order valence-electron chi connectivity index (χ3n) is 2.34. The van der Waals surface area contributed by atoms with Crippen molar-refractivity contribution in [3.8, 4) is 5.75 Å². The molecular formula is C13H19BrN2O2. The minimum Gasteiger partial charge on any atom is -0.492 e. The van der Waals surface area contributed by atoms with E-state index in [9.17, 15) is 4.79 Å². The molecule has 0 aliphatic carbocycles. The van der Waals surface area contributed by atoms with Gasteiger partial charge in [0.15, 0.2) is 0 Å². The summed E-state index contributed by atoms with van der Waals surface area (Å²) < 4.78 is 6.39. The number of carbonyl (C=O) groups excluding carboxylic acids is 1. The van der Waals surface area contributed by atoms with Crippen molar-refractivity contribution in [3.05, 3.63) is 22.7 Å². The van der Waals surface area contributed by atoms with Crippen LogP contribution in [0.15, 0.2) is 22.7 Å². The van der Waals surface area contributed by atoms with E-state index >= 15 is 0 Å². The van der Waals surface area contributed by atoms with Gasteiger partial charge in [0, 0.05) is 16.9 Å². The van der Waals surface area contributed by atoms with Crippen LogP contribution in [0.25, 0.3) is 0 Å². The van der Waals surface area contributed by atoms with E-state index in [0.29, 0.717) is 30.9 Å². The summed E-state index contributed by atoms with van der Waals surface area (Å²) in [6.07, 6.45) is 1.09. The van der Waals surface area contributed by atoms with E-state index < -0.39 is 0 Å². The molecule has 0 heterocycles. The molecule has 1 unspecified atom stereocenters. The van der Waals surface area contributed by atoms with Crippen LogP contribution in [0.1, 0.15) is 26.7 Å². The summed E-state index contributed by atoms with van der Waals surface area (Å²) in [5.74, 6) is 0.622. The fourth-order valence-electron chi connectivity index (χ4n) is 1.45. The Kier molecular flexibility index (Phi) is 6.15. The number of carbonyl (C=O) groups is 1. The molecule has 1 atom stereocenters. The van der Waals surface area contributed by atoms with Crippen molar-refractivity contribution in [1.82, 2.24) is 0 Å². The van der Waals surface area contributed by atoms with E-state index in [1.165, 1.54) is 0 Å². The molecule has 100 valence electrons. The lowest BCUT2D eigenvalue weighted by Crippen LogP contribution is -2.19. The average Bonchev–Trinajstić information content (AvgIpc) is 2.30. The molecule has 1 aromatic rings. The molecule has 0 aromatic heterocycles. The molecular weight excluding hydrogens is 296 g/mol. The number of rotatable bonds is 6. The van der Waals surface area contributed by atoms with Gasteiger partial charge >= 0.3 is 0 Å². The number of benzene rings is 1. The van der Waals surface area contributed by atoms with Crippen LogP contribution >= 0.6 is 15.9 Å². The van der Waals surface area contributed by atoms with E-state index in [-0.39, 0.29) is 11.9 Å². The number of nitrogens with two attached hydrogens (primary N) is 1. The summed E-state index contributed by atoms with van der Waals surface area (Å²) >= 11 is 3.37. The van der Waals surface area contributed by atoms with Gasteiger partial charge < -0.3 is 15.8 Å². The van der Waals surface area contributed by atoms with Gasteiger partial charge in [-0.2, -0.15) is 0 Å². The van der Waals surface area contributed by atoms with E-state index in [1.807, 2.05) is 32.0 Å². The highest BCUT2D eigenvalue weighted by atomic mass is 79.9. The van der Waals surface area contributed by atoms with E-state index in [4.69, 9.17) is 10.5 Å². The van der Waals surface area contributed by atoms with Crippen LogP contribution in [0, 0.1) is 0 Å². The second kappa shape index (κ2) is 7.38. The van der Waals surface area contributed by atoms with Gasteiger partial charge in [-0.25, -0.2) is 0 Å². The maximum absolute atomic E-state index is 11.7. The molecule has 18 heavy (non-hydrogen) atoms. The number of hydrogen-bond acceptors (Lipinski definition) is 3. The molecule has 0 spiro atoms. The summed E-state index contributed by atoms with van der Waals surface area (Å²) in [6.45, 7) is 4.35. The Morgan fingerprint density at radius 3 is 2.89 bits per heavy atom. The molecule has 0 aliphatic rings. The maximum atomic E-state index is 11.7. The highest BCUT2D eigenvalue weighted by Gasteiger charge is 2.09. The first kappa shape index (κ1) is 15.0. The van der Waals surface area contributed by atoms with Gasteiger partial charge in [0.25, 0.3) is 0 Å². The Bertz CT molecular complexity index is 408. The third-order valence-corrected chi connectivity index (χ3v) is 2.84. The van der Waals surface area contributed by atoms with Gasteiger partial charge in [-0.15, -0.1) is 0 Å². The number of halogens is 1. The van der Waals surface area contributed by atoms with Crippen molar-refractivity contribution in [2.24, 2.45) is 5.73 Å². The summed E-state index contributed by atoms with van der Waals surface area (Å²) in [5.41, 5.74) is 6.31. The minimum atomic E-state index is -0.0458. The van der Waals surface area contributed by atoms with Crippen LogP contribution in [0.5, 0.6) is 5.75 Å². The van der Waals surface area contributed by atoms with Crippen molar-refractivity contribution in [2.75, 3.05) is 11.9 Å². The monoisotopic (exact) mass is 314 g/mol. The number of amides is 1. The fourth-order valence-corrected chi connectivity index (χ4v) is 1.79. The van der Waals surface area contributed by atoms with Crippen LogP contribution in [0.4, 0.5) is 5.69 Å². The SMILES string of the molecule is CCOc1cc(Br)ccc1NC(=O)CCC(C)N. The quantitative estimate of drug-likeness (QED) is 0.848. The lowest BCUT2D eigenvalue weighted by Gasteiger charge is -2.12. The predicted molar refractivity (Wildman–Crippen MR) is 76.8 cm³/mol. The van der Waals surface area contributed by atoms with E-state index in [2.05, 4.69) is 21.2 Å². The molecule has 1 rings (SSSR count). The molecule has 3 N–H and O–H groups in total. The highest BCUT2D eigenvalue weighted by Crippen LogP contribution is 2.28. The molecule has 0 radical (unpaired) electrons. The normalized spacial score (nSPS) is 12.0. The lowest BCUT2D eigenvalue weighted by atomic mass is 10.2. The number of ether oxygens (including phenoxy) is 1. The second-order valence-corrected chi connectivity index (χ2v) is 5.05. The Morgan fingerprint density at radius 1 is 1.56 bits per heavy atom. The van der Waals surface area contributed by atoms with Crippen molar-refractivity contribution in [2.45, 2.75) is 32.7 Å². The Balaban J connectivity index is 2.68. The van der Waals surface area contributed by atoms with Crippen LogP contribution in [0.2, 0.25) is 0 Å². The zero-order valence-corrected chi connectivity index (χ0v) is 12.3. The zero-order chi connectivity index (χ0) is 13.5. The molecule has 5 heteroatoms. The second-order valence-electron chi connectivity index (χ2n) is 4.14. The van der Waals surface area contributed by atoms with Crippen LogP contribution in [-0.2, 0) is 4.79 Å². The smallest absolute Gasteiger partial charge is 0.224 e. The average molecular weight is 315 g/mol. The molecule has 0 bridgehead atoms. The van der Waals surface area contributed by atoms with Gasteiger partial charge in [-0.3, -0.25) is 4.79 Å².